The Labute approximate surface area is 180 Å². The lowest BCUT2D eigenvalue weighted by atomic mass is 9.65. The molecule has 1 aromatic rings. The first kappa shape index (κ1) is 22.8. The number of hydrogen-bond donors (Lipinski definition) is 2. The number of carbonyl (C=O) groups is 2. The van der Waals surface area contributed by atoms with Gasteiger partial charge in [0.15, 0.2) is 0 Å². The zero-order valence-corrected chi connectivity index (χ0v) is 18.9. The summed E-state index contributed by atoms with van der Waals surface area (Å²) < 4.78 is 0. The summed E-state index contributed by atoms with van der Waals surface area (Å²) in [4.78, 5) is 29.0. The molecule has 1 saturated heterocycles. The molecule has 2 aliphatic rings. The van der Waals surface area contributed by atoms with Gasteiger partial charge >= 0.3 is 6.03 Å². The average molecular weight is 416 g/mol. The maximum Gasteiger partial charge on any atom is 0.325 e. The SMILES string of the molecule is CCC(C)(C)C1CCC2(CC1)NC(=O)N(C[C@@H](O)CN(C)Cc1ccccc1)C2=O. The van der Waals surface area contributed by atoms with Crippen molar-refractivity contribution in [3.63, 3.8) is 0 Å². The summed E-state index contributed by atoms with van der Waals surface area (Å²) in [5.74, 6) is 0.411. The van der Waals surface area contributed by atoms with E-state index >= 15 is 0 Å². The van der Waals surface area contributed by atoms with Crippen LogP contribution < -0.4 is 5.32 Å². The van der Waals surface area contributed by atoms with Crippen LogP contribution in [0.25, 0.3) is 0 Å². The minimum absolute atomic E-state index is 0.0371. The van der Waals surface area contributed by atoms with Gasteiger partial charge < -0.3 is 10.4 Å². The van der Waals surface area contributed by atoms with E-state index in [1.54, 1.807) is 0 Å². The molecule has 1 heterocycles. The number of aliphatic hydroxyl groups excluding tert-OH is 1. The molecule has 1 saturated carbocycles. The summed E-state index contributed by atoms with van der Waals surface area (Å²) in [6.45, 7) is 7.93. The van der Waals surface area contributed by atoms with Crippen LogP contribution in [0.2, 0.25) is 0 Å². The molecule has 2 fully saturated rings. The highest BCUT2D eigenvalue weighted by Crippen LogP contribution is 2.45. The van der Waals surface area contributed by atoms with Crippen LogP contribution in [0.1, 0.15) is 58.4 Å². The second-order valence-electron chi connectivity index (χ2n) is 9.88. The summed E-state index contributed by atoms with van der Waals surface area (Å²) in [6.07, 6.45) is 3.60. The normalized spacial score (nSPS) is 25.8. The Morgan fingerprint density at radius 3 is 2.47 bits per heavy atom. The maximum atomic E-state index is 13.1. The minimum atomic E-state index is -0.779. The van der Waals surface area contributed by atoms with Crippen molar-refractivity contribution in [1.29, 1.82) is 0 Å². The lowest BCUT2D eigenvalue weighted by Crippen LogP contribution is -2.51. The van der Waals surface area contributed by atoms with E-state index in [1.165, 1.54) is 4.90 Å². The second-order valence-corrected chi connectivity index (χ2v) is 9.88. The molecule has 3 rings (SSSR count). The van der Waals surface area contributed by atoms with Crippen LogP contribution in [0.15, 0.2) is 30.3 Å². The number of nitrogens with one attached hydrogen (secondary N) is 1. The molecule has 6 nitrogen and oxygen atoms in total. The molecule has 3 amide bonds. The molecule has 0 bridgehead atoms. The quantitative estimate of drug-likeness (QED) is 0.639. The fourth-order valence-electron chi connectivity index (χ4n) is 4.95. The molecule has 1 aromatic carbocycles. The number of aliphatic hydroxyl groups is 1. The van der Waals surface area contributed by atoms with Gasteiger partial charge in [0.05, 0.1) is 12.6 Å². The standard InChI is InChI=1S/C24H37N3O3/c1-5-23(2,3)19-11-13-24(14-12-19)21(29)27(22(30)25-24)17-20(28)16-26(4)15-18-9-7-6-8-10-18/h6-10,19-20,28H,5,11-17H2,1-4H3,(H,25,30)/t19?,20-,24?/m0/s1. The van der Waals surface area contributed by atoms with Crippen molar-refractivity contribution in [3.8, 4) is 0 Å². The second kappa shape index (κ2) is 9.06. The Kier molecular flexibility index (Phi) is 6.88. The van der Waals surface area contributed by atoms with Gasteiger partial charge in [-0.2, -0.15) is 0 Å². The van der Waals surface area contributed by atoms with Crippen molar-refractivity contribution in [1.82, 2.24) is 15.1 Å². The molecule has 1 aliphatic heterocycles. The van der Waals surface area contributed by atoms with Gasteiger partial charge in [-0.15, -0.1) is 0 Å². The number of imide groups is 1. The number of β-amino-alcohol motifs (C(OH)–C–C–N with tert-alkyl or cyclic N) is 1. The Hall–Kier alpha value is -1.92. The monoisotopic (exact) mass is 415 g/mol. The number of benzene rings is 1. The van der Waals surface area contributed by atoms with Crippen molar-refractivity contribution >= 4 is 11.9 Å². The summed E-state index contributed by atoms with van der Waals surface area (Å²) in [7, 11) is 1.93. The third-order valence-corrected chi connectivity index (χ3v) is 7.31. The summed E-state index contributed by atoms with van der Waals surface area (Å²) >= 11 is 0. The van der Waals surface area contributed by atoms with Crippen LogP contribution in [0, 0.1) is 11.3 Å². The molecule has 166 valence electrons. The van der Waals surface area contributed by atoms with Crippen LogP contribution >= 0.6 is 0 Å². The Bertz CT molecular complexity index is 741. The predicted octanol–water partition coefficient (Wildman–Crippen LogP) is 3.40. The van der Waals surface area contributed by atoms with Gasteiger partial charge in [0, 0.05) is 13.1 Å². The molecule has 6 heteroatoms. The van der Waals surface area contributed by atoms with Crippen LogP contribution in [0.3, 0.4) is 0 Å². The molecule has 0 radical (unpaired) electrons. The van der Waals surface area contributed by atoms with Crippen molar-refractivity contribution in [2.45, 2.75) is 71.1 Å². The third kappa shape index (κ3) is 4.86. The third-order valence-electron chi connectivity index (χ3n) is 7.31. The number of urea groups is 1. The topological polar surface area (TPSA) is 72.9 Å². The van der Waals surface area contributed by atoms with Crippen molar-refractivity contribution in [2.24, 2.45) is 11.3 Å². The number of carbonyl (C=O) groups excluding carboxylic acids is 2. The van der Waals surface area contributed by atoms with Gasteiger partial charge in [-0.05, 0) is 49.6 Å². The van der Waals surface area contributed by atoms with Gasteiger partial charge in [-0.1, -0.05) is 57.5 Å². The molecule has 1 spiro atoms. The van der Waals surface area contributed by atoms with E-state index in [0.717, 1.165) is 24.8 Å². The smallest absolute Gasteiger partial charge is 0.325 e. The fraction of sp³-hybridized carbons (Fsp3) is 0.667. The summed E-state index contributed by atoms with van der Waals surface area (Å²) in [5, 5.41) is 13.5. The first-order chi connectivity index (χ1) is 14.2. The first-order valence-corrected chi connectivity index (χ1v) is 11.2. The molecule has 2 N–H and O–H groups in total. The highest BCUT2D eigenvalue weighted by atomic mass is 16.3. The van der Waals surface area contributed by atoms with E-state index in [-0.39, 0.29) is 23.9 Å². The van der Waals surface area contributed by atoms with E-state index in [9.17, 15) is 14.7 Å². The highest BCUT2D eigenvalue weighted by Gasteiger charge is 2.53. The largest absolute Gasteiger partial charge is 0.390 e. The zero-order valence-electron chi connectivity index (χ0n) is 18.9. The van der Waals surface area contributed by atoms with E-state index in [2.05, 4.69) is 26.1 Å². The van der Waals surface area contributed by atoms with E-state index in [1.807, 2.05) is 42.3 Å². The molecule has 0 unspecified atom stereocenters. The average Bonchev–Trinajstić information content (AvgIpc) is 2.93. The number of likely N-dealkylation sites (N-methyl/N-ethyl adjacent to an activating group) is 1. The van der Waals surface area contributed by atoms with Crippen molar-refractivity contribution < 1.29 is 14.7 Å². The minimum Gasteiger partial charge on any atom is -0.390 e. The van der Waals surface area contributed by atoms with E-state index < -0.39 is 11.6 Å². The summed E-state index contributed by atoms with van der Waals surface area (Å²) in [5.41, 5.74) is 0.646. The Balaban J connectivity index is 1.55. The van der Waals surface area contributed by atoms with Gasteiger partial charge in [-0.25, -0.2) is 4.79 Å². The number of rotatable bonds is 8. The fourth-order valence-corrected chi connectivity index (χ4v) is 4.95. The van der Waals surface area contributed by atoms with E-state index in [0.29, 0.717) is 31.8 Å². The zero-order chi connectivity index (χ0) is 21.9. The summed E-state index contributed by atoms with van der Waals surface area (Å²) in [6, 6.07) is 9.67. The number of hydrogen-bond acceptors (Lipinski definition) is 4. The first-order valence-electron chi connectivity index (χ1n) is 11.2. The predicted molar refractivity (Wildman–Crippen MR) is 118 cm³/mol. The molecule has 0 aromatic heterocycles. The van der Waals surface area contributed by atoms with Crippen molar-refractivity contribution in [2.75, 3.05) is 20.1 Å². The molecular weight excluding hydrogens is 378 g/mol. The van der Waals surface area contributed by atoms with Gasteiger partial charge in [-0.3, -0.25) is 14.6 Å². The highest BCUT2D eigenvalue weighted by molar-refractivity contribution is 6.07. The van der Waals surface area contributed by atoms with Crippen LogP contribution in [-0.4, -0.2) is 58.6 Å². The lowest BCUT2D eigenvalue weighted by Gasteiger charge is -2.42. The molecule has 1 aliphatic carbocycles. The van der Waals surface area contributed by atoms with Gasteiger partial charge in [0.25, 0.3) is 5.91 Å². The molecule has 1 atom stereocenters. The van der Waals surface area contributed by atoms with Gasteiger partial charge in [0.2, 0.25) is 0 Å². The van der Waals surface area contributed by atoms with Crippen molar-refractivity contribution in [3.05, 3.63) is 35.9 Å². The lowest BCUT2D eigenvalue weighted by molar-refractivity contribution is -0.134. The molecule has 30 heavy (non-hydrogen) atoms. The Morgan fingerprint density at radius 2 is 1.87 bits per heavy atom. The number of amides is 3. The van der Waals surface area contributed by atoms with Crippen LogP contribution in [0.4, 0.5) is 4.79 Å². The van der Waals surface area contributed by atoms with E-state index in [4.69, 9.17) is 0 Å². The maximum absolute atomic E-state index is 13.1. The van der Waals surface area contributed by atoms with Crippen LogP contribution in [0.5, 0.6) is 0 Å². The molecular formula is C24H37N3O3. The van der Waals surface area contributed by atoms with Crippen LogP contribution in [-0.2, 0) is 11.3 Å². The Morgan fingerprint density at radius 1 is 1.23 bits per heavy atom. The van der Waals surface area contributed by atoms with Gasteiger partial charge in [0.1, 0.15) is 5.54 Å². The number of nitrogens with zero attached hydrogens (tertiary/aromatic N) is 2.